The molecule has 0 aromatic carbocycles. The summed E-state index contributed by atoms with van der Waals surface area (Å²) in [6, 6.07) is 2.06. The Hall–Kier alpha value is -1.69. The van der Waals surface area contributed by atoms with E-state index in [1.165, 1.54) is 0 Å². The van der Waals surface area contributed by atoms with Crippen LogP contribution in [0.1, 0.15) is 38.9 Å². The Morgan fingerprint density at radius 1 is 1.55 bits per heavy atom. The van der Waals surface area contributed by atoms with Crippen LogP contribution in [0.2, 0.25) is 0 Å². The van der Waals surface area contributed by atoms with Gasteiger partial charge < -0.3 is 10.6 Å². The summed E-state index contributed by atoms with van der Waals surface area (Å²) in [5.41, 5.74) is 5.68. The van der Waals surface area contributed by atoms with Crippen molar-refractivity contribution in [3.8, 4) is 0 Å². The largest absolute Gasteiger partial charge is 0.384 e. The Morgan fingerprint density at radius 3 is 3.00 bits per heavy atom. The summed E-state index contributed by atoms with van der Waals surface area (Å²) in [5, 5.41) is 0. The third-order valence-electron chi connectivity index (χ3n) is 4.19. The Balaban J connectivity index is 1.83. The van der Waals surface area contributed by atoms with Crippen LogP contribution in [0.25, 0.3) is 0 Å². The quantitative estimate of drug-likeness (QED) is 0.862. The van der Waals surface area contributed by atoms with Crippen molar-refractivity contribution < 1.29 is 4.79 Å². The standard InChI is InChI=1S/C16H27N5O/c1-12(2)4-5-16(22)21-9-7-13(10-21)20(3)11-15-18-8-6-14(17)19-15/h6,8,12-13H,4-5,7,9-11H2,1-3H3,(H2,17,18,19)/t13-/m0/s1. The molecule has 0 unspecified atom stereocenters. The molecular formula is C16H27N5O. The van der Waals surface area contributed by atoms with Gasteiger partial charge in [0.15, 0.2) is 0 Å². The lowest BCUT2D eigenvalue weighted by atomic mass is 10.1. The molecule has 0 saturated carbocycles. The van der Waals surface area contributed by atoms with E-state index in [0.717, 1.165) is 31.8 Å². The number of nitrogens with two attached hydrogens (primary N) is 1. The number of hydrogen-bond donors (Lipinski definition) is 1. The highest BCUT2D eigenvalue weighted by Crippen LogP contribution is 2.18. The van der Waals surface area contributed by atoms with Crippen molar-refractivity contribution in [2.24, 2.45) is 5.92 Å². The topological polar surface area (TPSA) is 75.4 Å². The van der Waals surface area contributed by atoms with Crippen LogP contribution in [-0.2, 0) is 11.3 Å². The van der Waals surface area contributed by atoms with Crippen LogP contribution in [0.4, 0.5) is 5.82 Å². The number of carbonyl (C=O) groups excluding carboxylic acids is 1. The van der Waals surface area contributed by atoms with E-state index in [-0.39, 0.29) is 5.91 Å². The van der Waals surface area contributed by atoms with Crippen molar-refractivity contribution >= 4 is 11.7 Å². The minimum absolute atomic E-state index is 0.282. The number of hydrogen-bond acceptors (Lipinski definition) is 5. The molecule has 0 aliphatic carbocycles. The summed E-state index contributed by atoms with van der Waals surface area (Å²) >= 11 is 0. The molecule has 0 bridgehead atoms. The third kappa shape index (κ3) is 4.66. The van der Waals surface area contributed by atoms with E-state index < -0.39 is 0 Å². The zero-order valence-corrected chi connectivity index (χ0v) is 13.8. The average Bonchev–Trinajstić information content (AvgIpc) is 2.94. The molecule has 6 nitrogen and oxygen atoms in total. The van der Waals surface area contributed by atoms with Crippen molar-refractivity contribution in [1.29, 1.82) is 0 Å². The molecule has 1 aliphatic heterocycles. The van der Waals surface area contributed by atoms with Gasteiger partial charge in [0.1, 0.15) is 11.6 Å². The second kappa shape index (κ2) is 7.54. The van der Waals surface area contributed by atoms with Crippen molar-refractivity contribution in [2.45, 2.75) is 45.7 Å². The maximum atomic E-state index is 12.2. The Kier molecular flexibility index (Phi) is 5.71. The van der Waals surface area contributed by atoms with Crippen molar-refractivity contribution in [3.05, 3.63) is 18.1 Å². The highest BCUT2D eigenvalue weighted by molar-refractivity contribution is 5.76. The van der Waals surface area contributed by atoms with E-state index in [2.05, 4.69) is 35.8 Å². The lowest BCUT2D eigenvalue weighted by molar-refractivity contribution is -0.130. The van der Waals surface area contributed by atoms with Gasteiger partial charge in [-0.3, -0.25) is 9.69 Å². The predicted molar refractivity (Wildman–Crippen MR) is 87.0 cm³/mol. The highest BCUT2D eigenvalue weighted by Gasteiger charge is 2.28. The normalized spacial score (nSPS) is 18.4. The molecule has 1 aromatic heterocycles. The van der Waals surface area contributed by atoms with Crippen molar-refractivity contribution in [3.63, 3.8) is 0 Å². The van der Waals surface area contributed by atoms with Crippen LogP contribution in [0.15, 0.2) is 12.3 Å². The van der Waals surface area contributed by atoms with Crippen molar-refractivity contribution in [1.82, 2.24) is 19.8 Å². The monoisotopic (exact) mass is 305 g/mol. The second-order valence-corrected chi connectivity index (χ2v) is 6.53. The number of likely N-dealkylation sites (tertiary alicyclic amines) is 1. The summed E-state index contributed by atoms with van der Waals surface area (Å²) in [6.45, 7) is 6.61. The maximum absolute atomic E-state index is 12.2. The number of rotatable bonds is 6. The molecule has 1 aromatic rings. The SMILES string of the molecule is CC(C)CCC(=O)N1CC[C@H](N(C)Cc2nccc(N)n2)C1. The van der Waals surface area contributed by atoms with Gasteiger partial charge in [0.25, 0.3) is 0 Å². The molecule has 2 rings (SSSR count). The zero-order valence-electron chi connectivity index (χ0n) is 13.8. The van der Waals surface area contributed by atoms with E-state index >= 15 is 0 Å². The van der Waals surface area contributed by atoms with Gasteiger partial charge in [-0.25, -0.2) is 9.97 Å². The van der Waals surface area contributed by atoms with Gasteiger partial charge in [-0.1, -0.05) is 13.8 Å². The fourth-order valence-electron chi connectivity index (χ4n) is 2.74. The first-order valence-electron chi connectivity index (χ1n) is 8.01. The molecular weight excluding hydrogens is 278 g/mol. The summed E-state index contributed by atoms with van der Waals surface area (Å²) in [7, 11) is 2.05. The van der Waals surface area contributed by atoms with E-state index in [9.17, 15) is 4.79 Å². The number of aromatic nitrogens is 2. The number of nitrogens with zero attached hydrogens (tertiary/aromatic N) is 4. The van der Waals surface area contributed by atoms with Gasteiger partial charge in [-0.05, 0) is 31.9 Å². The van der Waals surface area contributed by atoms with Crippen LogP contribution in [0.3, 0.4) is 0 Å². The van der Waals surface area contributed by atoms with Gasteiger partial charge in [0.2, 0.25) is 5.91 Å². The molecule has 1 fully saturated rings. The van der Waals surface area contributed by atoms with Gasteiger partial charge >= 0.3 is 0 Å². The molecule has 122 valence electrons. The Bertz CT molecular complexity index is 505. The van der Waals surface area contributed by atoms with E-state index in [0.29, 0.717) is 30.7 Å². The molecule has 2 heterocycles. The van der Waals surface area contributed by atoms with E-state index in [1.807, 2.05) is 4.90 Å². The molecule has 1 saturated heterocycles. The number of amides is 1. The molecule has 0 radical (unpaired) electrons. The smallest absolute Gasteiger partial charge is 0.222 e. The molecule has 1 amide bonds. The third-order valence-corrected chi connectivity index (χ3v) is 4.19. The molecule has 22 heavy (non-hydrogen) atoms. The van der Waals surface area contributed by atoms with Crippen LogP contribution < -0.4 is 5.73 Å². The maximum Gasteiger partial charge on any atom is 0.222 e. The van der Waals surface area contributed by atoms with Crippen molar-refractivity contribution in [2.75, 3.05) is 25.9 Å². The minimum atomic E-state index is 0.282. The first-order valence-corrected chi connectivity index (χ1v) is 8.01. The lowest BCUT2D eigenvalue weighted by Crippen LogP contribution is -2.36. The van der Waals surface area contributed by atoms with Crippen LogP contribution in [0.5, 0.6) is 0 Å². The van der Waals surface area contributed by atoms with Gasteiger partial charge in [0, 0.05) is 31.7 Å². The number of nitrogen functional groups attached to an aromatic ring is 1. The lowest BCUT2D eigenvalue weighted by Gasteiger charge is -2.24. The predicted octanol–water partition coefficient (Wildman–Crippen LogP) is 1.53. The molecule has 1 aliphatic rings. The number of anilines is 1. The average molecular weight is 305 g/mol. The highest BCUT2D eigenvalue weighted by atomic mass is 16.2. The van der Waals surface area contributed by atoms with Gasteiger partial charge in [0.05, 0.1) is 6.54 Å². The fourth-order valence-corrected chi connectivity index (χ4v) is 2.74. The molecule has 0 spiro atoms. The first kappa shape index (κ1) is 16.7. The van der Waals surface area contributed by atoms with E-state index in [4.69, 9.17) is 5.73 Å². The van der Waals surface area contributed by atoms with Crippen LogP contribution in [0, 0.1) is 5.92 Å². The fraction of sp³-hybridized carbons (Fsp3) is 0.688. The summed E-state index contributed by atoms with van der Waals surface area (Å²) < 4.78 is 0. The van der Waals surface area contributed by atoms with E-state index in [1.54, 1.807) is 12.3 Å². The molecule has 2 N–H and O–H groups in total. The molecule has 6 heteroatoms. The van der Waals surface area contributed by atoms with Gasteiger partial charge in [-0.15, -0.1) is 0 Å². The number of carbonyl (C=O) groups is 1. The zero-order chi connectivity index (χ0) is 16.1. The Morgan fingerprint density at radius 2 is 2.32 bits per heavy atom. The molecule has 1 atom stereocenters. The Labute approximate surface area is 132 Å². The van der Waals surface area contributed by atoms with Gasteiger partial charge in [-0.2, -0.15) is 0 Å². The second-order valence-electron chi connectivity index (χ2n) is 6.53. The van der Waals surface area contributed by atoms with Crippen LogP contribution in [-0.4, -0.2) is 51.9 Å². The summed E-state index contributed by atoms with van der Waals surface area (Å²) in [5.74, 6) is 2.08. The summed E-state index contributed by atoms with van der Waals surface area (Å²) in [4.78, 5) is 24.9. The number of likely N-dealkylation sites (N-methyl/N-ethyl adjacent to an activating group) is 1. The van der Waals surface area contributed by atoms with Crippen LogP contribution >= 0.6 is 0 Å². The first-order chi connectivity index (χ1) is 10.5. The minimum Gasteiger partial charge on any atom is -0.384 e. The summed E-state index contributed by atoms with van der Waals surface area (Å²) in [6.07, 6.45) is 4.31.